The first kappa shape index (κ1) is 16.0. The highest BCUT2D eigenvalue weighted by molar-refractivity contribution is 6.04. The van der Waals surface area contributed by atoms with Crippen LogP contribution >= 0.6 is 0 Å². The number of aliphatic hydroxyl groups is 1. The Balaban J connectivity index is 1.73. The van der Waals surface area contributed by atoms with Gasteiger partial charge in [-0.15, -0.1) is 0 Å². The van der Waals surface area contributed by atoms with Crippen LogP contribution in [0.4, 0.5) is 5.69 Å². The highest BCUT2D eigenvalue weighted by Gasteiger charge is 2.08. The molecule has 0 radical (unpaired) electrons. The molecule has 0 fully saturated rings. The van der Waals surface area contributed by atoms with Crippen molar-refractivity contribution in [1.82, 2.24) is 0 Å². The van der Waals surface area contributed by atoms with Gasteiger partial charge in [0.1, 0.15) is 18.1 Å². The Kier molecular flexibility index (Phi) is 4.49. The minimum atomic E-state index is -0.133. The molecule has 4 nitrogen and oxygen atoms in total. The van der Waals surface area contributed by atoms with Crippen molar-refractivity contribution in [1.29, 1.82) is 0 Å². The number of aryl methyl sites for hydroxylation is 2. The summed E-state index contributed by atoms with van der Waals surface area (Å²) in [6.07, 6.45) is 0. The number of aliphatic hydroxyl groups excluding tert-OH is 1. The van der Waals surface area contributed by atoms with E-state index in [1.54, 1.807) is 6.07 Å². The highest BCUT2D eigenvalue weighted by atomic mass is 16.4. The van der Waals surface area contributed by atoms with Crippen LogP contribution in [-0.4, -0.2) is 11.0 Å². The Morgan fingerprint density at radius 1 is 1.00 bits per heavy atom. The Bertz CT molecular complexity index is 863. The first-order valence-corrected chi connectivity index (χ1v) is 7.75. The molecule has 1 aromatic heterocycles. The van der Waals surface area contributed by atoms with E-state index in [1.807, 2.05) is 62.4 Å². The SMILES string of the molecule is Cc1ccc(C(=O)Nc2ccc(-c3ccc(CO)o3)cc2)cc1C. The normalized spacial score (nSPS) is 10.6. The number of hydrogen-bond acceptors (Lipinski definition) is 3. The molecule has 4 heteroatoms. The second kappa shape index (κ2) is 6.72. The van der Waals surface area contributed by atoms with Gasteiger partial charge in [-0.05, 0) is 73.5 Å². The first-order valence-electron chi connectivity index (χ1n) is 7.75. The molecule has 0 spiro atoms. The third-order valence-electron chi connectivity index (χ3n) is 4.01. The van der Waals surface area contributed by atoms with Crippen LogP contribution in [0.5, 0.6) is 0 Å². The lowest BCUT2D eigenvalue weighted by Gasteiger charge is -2.08. The van der Waals surface area contributed by atoms with Crippen molar-refractivity contribution >= 4 is 11.6 Å². The second-order valence-corrected chi connectivity index (χ2v) is 5.75. The number of carbonyl (C=O) groups is 1. The van der Waals surface area contributed by atoms with E-state index in [9.17, 15) is 4.79 Å². The summed E-state index contributed by atoms with van der Waals surface area (Å²) in [6, 6.07) is 16.6. The van der Waals surface area contributed by atoms with Gasteiger partial charge in [0.2, 0.25) is 0 Å². The Labute approximate surface area is 140 Å². The fourth-order valence-electron chi connectivity index (χ4n) is 2.42. The van der Waals surface area contributed by atoms with Gasteiger partial charge in [-0.2, -0.15) is 0 Å². The topological polar surface area (TPSA) is 62.5 Å². The zero-order valence-corrected chi connectivity index (χ0v) is 13.7. The van der Waals surface area contributed by atoms with E-state index in [1.165, 1.54) is 0 Å². The summed E-state index contributed by atoms with van der Waals surface area (Å²) < 4.78 is 5.50. The maximum absolute atomic E-state index is 12.3. The van der Waals surface area contributed by atoms with Crippen LogP contribution in [0.1, 0.15) is 27.2 Å². The molecule has 0 aliphatic heterocycles. The van der Waals surface area contributed by atoms with Crippen molar-refractivity contribution in [2.24, 2.45) is 0 Å². The number of amides is 1. The van der Waals surface area contributed by atoms with Crippen molar-refractivity contribution in [3.63, 3.8) is 0 Å². The van der Waals surface area contributed by atoms with Crippen LogP contribution in [0.2, 0.25) is 0 Å². The van der Waals surface area contributed by atoms with E-state index in [-0.39, 0.29) is 12.5 Å². The molecule has 1 amide bonds. The van der Waals surface area contributed by atoms with Crippen LogP contribution < -0.4 is 5.32 Å². The monoisotopic (exact) mass is 321 g/mol. The Morgan fingerprint density at radius 2 is 1.75 bits per heavy atom. The number of benzene rings is 2. The van der Waals surface area contributed by atoms with E-state index < -0.39 is 0 Å². The maximum Gasteiger partial charge on any atom is 0.255 e. The molecule has 122 valence electrons. The summed E-state index contributed by atoms with van der Waals surface area (Å²) in [5.41, 5.74) is 4.50. The molecule has 0 bridgehead atoms. The van der Waals surface area contributed by atoms with Crippen molar-refractivity contribution in [2.45, 2.75) is 20.5 Å². The number of furan rings is 1. The standard InChI is InChI=1S/C20H19NO3/c1-13-3-4-16(11-14(13)2)20(23)21-17-7-5-15(6-8-17)19-10-9-18(12-22)24-19/h3-11,22H,12H2,1-2H3,(H,21,23). The summed E-state index contributed by atoms with van der Waals surface area (Å²) in [5.74, 6) is 1.08. The fourth-order valence-corrected chi connectivity index (χ4v) is 2.42. The quantitative estimate of drug-likeness (QED) is 0.753. The van der Waals surface area contributed by atoms with E-state index in [2.05, 4.69) is 5.32 Å². The van der Waals surface area contributed by atoms with Crippen LogP contribution in [0.15, 0.2) is 59.0 Å². The zero-order chi connectivity index (χ0) is 17.1. The lowest BCUT2D eigenvalue weighted by atomic mass is 10.1. The second-order valence-electron chi connectivity index (χ2n) is 5.75. The van der Waals surface area contributed by atoms with Crippen LogP contribution in [0.3, 0.4) is 0 Å². The Morgan fingerprint density at radius 3 is 2.38 bits per heavy atom. The smallest absolute Gasteiger partial charge is 0.255 e. The average molecular weight is 321 g/mol. The molecule has 0 aliphatic rings. The molecule has 2 N–H and O–H groups in total. The summed E-state index contributed by atoms with van der Waals surface area (Å²) in [4.78, 5) is 12.3. The zero-order valence-electron chi connectivity index (χ0n) is 13.7. The molecule has 24 heavy (non-hydrogen) atoms. The lowest BCUT2D eigenvalue weighted by Crippen LogP contribution is -2.12. The molecule has 3 aromatic rings. The van der Waals surface area contributed by atoms with Gasteiger partial charge in [-0.3, -0.25) is 4.79 Å². The van der Waals surface area contributed by atoms with Crippen LogP contribution in [0, 0.1) is 13.8 Å². The summed E-state index contributed by atoms with van der Waals surface area (Å²) in [7, 11) is 0. The number of hydrogen-bond donors (Lipinski definition) is 2. The fraction of sp³-hybridized carbons (Fsp3) is 0.150. The molecule has 0 saturated heterocycles. The largest absolute Gasteiger partial charge is 0.459 e. The molecule has 0 atom stereocenters. The summed E-state index contributed by atoms with van der Waals surface area (Å²) in [6.45, 7) is 3.89. The predicted octanol–water partition coefficient (Wildman–Crippen LogP) is 4.31. The van der Waals surface area contributed by atoms with Crippen molar-refractivity contribution in [3.05, 3.63) is 77.0 Å². The van der Waals surface area contributed by atoms with E-state index in [0.29, 0.717) is 17.1 Å². The number of rotatable bonds is 4. The van der Waals surface area contributed by atoms with Gasteiger partial charge in [0.05, 0.1) is 0 Å². The first-order chi connectivity index (χ1) is 11.6. The van der Waals surface area contributed by atoms with Crippen molar-refractivity contribution in [2.75, 3.05) is 5.32 Å². The van der Waals surface area contributed by atoms with E-state index in [0.717, 1.165) is 22.4 Å². The molecular formula is C20H19NO3. The molecule has 0 unspecified atom stereocenters. The molecule has 2 aromatic carbocycles. The minimum absolute atomic E-state index is 0.121. The molecular weight excluding hydrogens is 302 g/mol. The van der Waals surface area contributed by atoms with Crippen LogP contribution in [0.25, 0.3) is 11.3 Å². The minimum Gasteiger partial charge on any atom is -0.459 e. The number of carbonyl (C=O) groups excluding carboxylic acids is 1. The van der Waals surface area contributed by atoms with Gasteiger partial charge in [-0.25, -0.2) is 0 Å². The molecule has 3 rings (SSSR count). The van der Waals surface area contributed by atoms with Gasteiger partial charge < -0.3 is 14.8 Å². The van der Waals surface area contributed by atoms with E-state index >= 15 is 0 Å². The highest BCUT2D eigenvalue weighted by Crippen LogP contribution is 2.24. The van der Waals surface area contributed by atoms with Crippen molar-refractivity contribution < 1.29 is 14.3 Å². The average Bonchev–Trinajstić information content (AvgIpc) is 3.07. The molecule has 0 saturated carbocycles. The van der Waals surface area contributed by atoms with Crippen molar-refractivity contribution in [3.8, 4) is 11.3 Å². The van der Waals surface area contributed by atoms with Gasteiger partial charge >= 0.3 is 0 Å². The Hall–Kier alpha value is -2.85. The summed E-state index contributed by atoms with van der Waals surface area (Å²) in [5, 5.41) is 11.9. The molecule has 0 aliphatic carbocycles. The summed E-state index contributed by atoms with van der Waals surface area (Å²) >= 11 is 0. The van der Waals surface area contributed by atoms with Gasteiger partial charge in [0.25, 0.3) is 5.91 Å². The van der Waals surface area contributed by atoms with Gasteiger partial charge in [0.15, 0.2) is 0 Å². The maximum atomic E-state index is 12.3. The van der Waals surface area contributed by atoms with Gasteiger partial charge in [-0.1, -0.05) is 6.07 Å². The third kappa shape index (κ3) is 3.39. The van der Waals surface area contributed by atoms with Gasteiger partial charge in [0, 0.05) is 16.8 Å². The lowest BCUT2D eigenvalue weighted by molar-refractivity contribution is 0.102. The van der Waals surface area contributed by atoms with E-state index in [4.69, 9.17) is 9.52 Å². The number of anilines is 1. The molecule has 1 heterocycles. The predicted molar refractivity (Wildman–Crippen MR) is 93.9 cm³/mol. The van der Waals surface area contributed by atoms with Crippen LogP contribution in [-0.2, 0) is 6.61 Å². The number of nitrogens with one attached hydrogen (secondary N) is 1. The third-order valence-corrected chi connectivity index (χ3v) is 4.01.